The van der Waals surface area contributed by atoms with E-state index in [1.54, 1.807) is 0 Å². The standard InChI is InChI=1S/C14H21NO2/c1-12-4-6-13(7-5-12)8-9-14(17)15-10-2-3-11-16/h4-7,16H,2-3,8-11H2,1H3,(H,15,17). The predicted molar refractivity (Wildman–Crippen MR) is 68.8 cm³/mol. The van der Waals surface area contributed by atoms with Gasteiger partial charge in [-0.2, -0.15) is 0 Å². The lowest BCUT2D eigenvalue weighted by molar-refractivity contribution is -0.121. The molecule has 0 aliphatic carbocycles. The van der Waals surface area contributed by atoms with Gasteiger partial charge in [-0.1, -0.05) is 29.8 Å². The molecule has 1 rings (SSSR count). The van der Waals surface area contributed by atoms with Crippen molar-refractivity contribution < 1.29 is 9.90 Å². The van der Waals surface area contributed by atoms with Gasteiger partial charge in [0.25, 0.3) is 0 Å². The van der Waals surface area contributed by atoms with Gasteiger partial charge in [0.15, 0.2) is 0 Å². The van der Waals surface area contributed by atoms with Gasteiger partial charge in [0.05, 0.1) is 0 Å². The van der Waals surface area contributed by atoms with E-state index in [4.69, 9.17) is 5.11 Å². The smallest absolute Gasteiger partial charge is 0.220 e. The highest BCUT2D eigenvalue weighted by Gasteiger charge is 2.01. The van der Waals surface area contributed by atoms with E-state index < -0.39 is 0 Å². The molecule has 1 aromatic rings. The molecule has 1 amide bonds. The van der Waals surface area contributed by atoms with Gasteiger partial charge in [-0.15, -0.1) is 0 Å². The van der Waals surface area contributed by atoms with Gasteiger partial charge in [0.2, 0.25) is 5.91 Å². The number of unbranched alkanes of at least 4 members (excludes halogenated alkanes) is 1. The zero-order valence-corrected chi connectivity index (χ0v) is 10.4. The molecule has 0 saturated carbocycles. The van der Waals surface area contributed by atoms with Crippen molar-refractivity contribution >= 4 is 5.91 Å². The zero-order valence-electron chi connectivity index (χ0n) is 10.4. The second-order valence-electron chi connectivity index (χ2n) is 4.27. The fourth-order valence-corrected chi connectivity index (χ4v) is 1.57. The van der Waals surface area contributed by atoms with Gasteiger partial charge in [-0.05, 0) is 31.7 Å². The van der Waals surface area contributed by atoms with E-state index in [9.17, 15) is 4.79 Å². The van der Waals surface area contributed by atoms with Crippen LogP contribution in [0.4, 0.5) is 0 Å². The Morgan fingerprint density at radius 2 is 1.94 bits per heavy atom. The molecule has 3 heteroatoms. The number of carbonyl (C=O) groups is 1. The lowest BCUT2D eigenvalue weighted by Gasteiger charge is -2.05. The highest BCUT2D eigenvalue weighted by atomic mass is 16.2. The molecule has 0 fully saturated rings. The third-order valence-electron chi connectivity index (χ3n) is 2.67. The Labute approximate surface area is 103 Å². The van der Waals surface area contributed by atoms with E-state index in [-0.39, 0.29) is 12.5 Å². The van der Waals surface area contributed by atoms with Crippen molar-refractivity contribution in [3.8, 4) is 0 Å². The van der Waals surface area contributed by atoms with Crippen LogP contribution >= 0.6 is 0 Å². The van der Waals surface area contributed by atoms with E-state index in [1.807, 2.05) is 0 Å². The molecule has 94 valence electrons. The monoisotopic (exact) mass is 235 g/mol. The van der Waals surface area contributed by atoms with E-state index in [0.717, 1.165) is 19.3 Å². The van der Waals surface area contributed by atoms with Crippen LogP contribution < -0.4 is 5.32 Å². The van der Waals surface area contributed by atoms with Gasteiger partial charge in [-0.25, -0.2) is 0 Å². The maximum absolute atomic E-state index is 11.5. The summed E-state index contributed by atoms with van der Waals surface area (Å²) >= 11 is 0. The second-order valence-corrected chi connectivity index (χ2v) is 4.27. The number of carbonyl (C=O) groups excluding carboxylic acids is 1. The summed E-state index contributed by atoms with van der Waals surface area (Å²) in [7, 11) is 0. The van der Waals surface area contributed by atoms with Gasteiger partial charge in [0, 0.05) is 19.6 Å². The molecular formula is C14H21NO2. The summed E-state index contributed by atoms with van der Waals surface area (Å²) in [5, 5.41) is 11.4. The normalized spacial score (nSPS) is 10.2. The van der Waals surface area contributed by atoms with Crippen LogP contribution in [-0.4, -0.2) is 24.2 Å². The van der Waals surface area contributed by atoms with Crippen molar-refractivity contribution in [2.45, 2.75) is 32.6 Å². The molecule has 0 unspecified atom stereocenters. The van der Waals surface area contributed by atoms with Crippen LogP contribution in [0.5, 0.6) is 0 Å². The molecule has 1 aromatic carbocycles. The summed E-state index contributed by atoms with van der Waals surface area (Å²) in [6.45, 7) is 2.91. The van der Waals surface area contributed by atoms with Crippen molar-refractivity contribution in [3.63, 3.8) is 0 Å². The number of hydrogen-bond acceptors (Lipinski definition) is 2. The first kappa shape index (κ1) is 13.7. The second kappa shape index (κ2) is 7.85. The first-order valence-electron chi connectivity index (χ1n) is 6.15. The summed E-state index contributed by atoms with van der Waals surface area (Å²) in [5.74, 6) is 0.0866. The maximum Gasteiger partial charge on any atom is 0.220 e. The number of amides is 1. The molecule has 2 N–H and O–H groups in total. The quantitative estimate of drug-likeness (QED) is 0.708. The topological polar surface area (TPSA) is 49.3 Å². The summed E-state index contributed by atoms with van der Waals surface area (Å²) < 4.78 is 0. The van der Waals surface area contributed by atoms with Gasteiger partial charge in [-0.3, -0.25) is 4.79 Å². The van der Waals surface area contributed by atoms with E-state index in [1.165, 1.54) is 11.1 Å². The third-order valence-corrected chi connectivity index (χ3v) is 2.67. The number of benzene rings is 1. The summed E-state index contributed by atoms with van der Waals surface area (Å²) in [6, 6.07) is 8.26. The molecule has 0 aliphatic rings. The minimum Gasteiger partial charge on any atom is -0.396 e. The third kappa shape index (κ3) is 6.07. The molecule has 0 bridgehead atoms. The Kier molecular flexibility index (Phi) is 6.33. The van der Waals surface area contributed by atoms with Crippen LogP contribution in [0.2, 0.25) is 0 Å². The first-order valence-corrected chi connectivity index (χ1v) is 6.15. The largest absolute Gasteiger partial charge is 0.396 e. The lowest BCUT2D eigenvalue weighted by atomic mass is 10.1. The maximum atomic E-state index is 11.5. The van der Waals surface area contributed by atoms with Crippen LogP contribution in [0.15, 0.2) is 24.3 Å². The Bertz CT molecular complexity index is 333. The SMILES string of the molecule is Cc1ccc(CCC(=O)NCCCCO)cc1. The lowest BCUT2D eigenvalue weighted by Crippen LogP contribution is -2.24. The minimum absolute atomic E-state index is 0.0866. The van der Waals surface area contributed by atoms with Crippen LogP contribution in [0, 0.1) is 6.92 Å². The molecule has 0 spiro atoms. The van der Waals surface area contributed by atoms with Gasteiger partial charge >= 0.3 is 0 Å². The summed E-state index contributed by atoms with van der Waals surface area (Å²) in [4.78, 5) is 11.5. The molecule has 0 heterocycles. The van der Waals surface area contributed by atoms with Crippen LogP contribution in [0.25, 0.3) is 0 Å². The molecule has 0 aliphatic heterocycles. The predicted octanol–water partition coefficient (Wildman–Crippen LogP) is 1.82. The number of aryl methyl sites for hydroxylation is 2. The van der Waals surface area contributed by atoms with Crippen molar-refractivity contribution in [3.05, 3.63) is 35.4 Å². The summed E-state index contributed by atoms with van der Waals surface area (Å²) in [5.41, 5.74) is 2.43. The van der Waals surface area contributed by atoms with Crippen molar-refractivity contribution in [2.24, 2.45) is 0 Å². The Morgan fingerprint density at radius 1 is 1.24 bits per heavy atom. The molecular weight excluding hydrogens is 214 g/mol. The number of aliphatic hydroxyl groups is 1. The van der Waals surface area contributed by atoms with Gasteiger partial charge < -0.3 is 10.4 Å². The van der Waals surface area contributed by atoms with Crippen molar-refractivity contribution in [2.75, 3.05) is 13.2 Å². The van der Waals surface area contributed by atoms with Crippen molar-refractivity contribution in [1.29, 1.82) is 0 Å². The fourth-order valence-electron chi connectivity index (χ4n) is 1.57. The first-order chi connectivity index (χ1) is 8.22. The number of rotatable bonds is 7. The zero-order chi connectivity index (χ0) is 12.5. The van der Waals surface area contributed by atoms with Crippen LogP contribution in [-0.2, 0) is 11.2 Å². The number of aliphatic hydroxyl groups excluding tert-OH is 1. The highest BCUT2D eigenvalue weighted by molar-refractivity contribution is 5.76. The number of hydrogen-bond donors (Lipinski definition) is 2. The van der Waals surface area contributed by atoms with Gasteiger partial charge in [0.1, 0.15) is 0 Å². The Morgan fingerprint density at radius 3 is 2.59 bits per heavy atom. The fraction of sp³-hybridized carbons (Fsp3) is 0.500. The van der Waals surface area contributed by atoms with Crippen LogP contribution in [0.1, 0.15) is 30.4 Å². The van der Waals surface area contributed by atoms with E-state index in [0.29, 0.717) is 13.0 Å². The molecule has 0 saturated heterocycles. The van der Waals surface area contributed by atoms with E-state index >= 15 is 0 Å². The minimum atomic E-state index is 0.0866. The van der Waals surface area contributed by atoms with E-state index in [2.05, 4.69) is 36.5 Å². The molecule has 0 aromatic heterocycles. The molecule has 0 radical (unpaired) electrons. The number of nitrogens with one attached hydrogen (secondary N) is 1. The average Bonchev–Trinajstić information content (AvgIpc) is 2.34. The molecule has 3 nitrogen and oxygen atoms in total. The van der Waals surface area contributed by atoms with Crippen molar-refractivity contribution in [1.82, 2.24) is 5.32 Å². The van der Waals surface area contributed by atoms with Crippen LogP contribution in [0.3, 0.4) is 0 Å². The Hall–Kier alpha value is -1.35. The Balaban J connectivity index is 2.17. The highest BCUT2D eigenvalue weighted by Crippen LogP contribution is 2.05. The molecule has 0 atom stereocenters. The summed E-state index contributed by atoms with van der Waals surface area (Å²) in [6.07, 6.45) is 2.90. The molecule has 17 heavy (non-hydrogen) atoms. The average molecular weight is 235 g/mol.